The molecule has 40 heavy (non-hydrogen) atoms. The summed E-state index contributed by atoms with van der Waals surface area (Å²) in [5, 5.41) is 9.05. The van der Waals surface area contributed by atoms with Crippen molar-refractivity contribution >= 4 is 18.9 Å². The Kier molecular flexibility index (Phi) is 12.8. The minimum absolute atomic E-state index is 0.323. The molecule has 1 unspecified atom stereocenters. The maximum Gasteiger partial charge on any atom is 0.169 e. The van der Waals surface area contributed by atoms with E-state index in [9.17, 15) is 0 Å². The molecule has 0 saturated heterocycles. The lowest BCUT2D eigenvalue weighted by molar-refractivity contribution is 0.0233. The number of nitriles is 1. The number of nitrogens with zero attached hydrogens (tertiary/aromatic N) is 2. The highest BCUT2D eigenvalue weighted by molar-refractivity contribution is 8.53. The van der Waals surface area contributed by atoms with Gasteiger partial charge in [-0.15, -0.1) is 0 Å². The van der Waals surface area contributed by atoms with Crippen LogP contribution in [0.15, 0.2) is 78.9 Å². The molecule has 214 valence electrons. The molecule has 0 fully saturated rings. The smallest absolute Gasteiger partial charge is 0.169 e. The highest BCUT2D eigenvalue weighted by Gasteiger charge is 2.38. The lowest BCUT2D eigenvalue weighted by Gasteiger charge is -2.37. The van der Waals surface area contributed by atoms with Gasteiger partial charge in [0.05, 0.1) is 39.9 Å². The van der Waals surface area contributed by atoms with Gasteiger partial charge in [-0.25, -0.2) is 4.67 Å². The molecule has 0 radical (unpaired) electrons. The van der Waals surface area contributed by atoms with E-state index in [1.807, 2.05) is 42.5 Å². The molecule has 3 aromatic carbocycles. The molecule has 0 aliphatic heterocycles. The monoisotopic (exact) mass is 580 g/mol. The SMILES string of the molecule is COc1ccc(C(OCCSP(OCCC#N)N(C(C)C)C(C)C)(c2ccccc2)c2ccc(OC)cc2)cc1. The highest BCUT2D eigenvalue weighted by atomic mass is 32.7. The van der Waals surface area contributed by atoms with Crippen LogP contribution in [0.1, 0.15) is 50.8 Å². The number of hydrogen-bond acceptors (Lipinski definition) is 7. The van der Waals surface area contributed by atoms with E-state index in [0.29, 0.717) is 31.7 Å². The van der Waals surface area contributed by atoms with E-state index in [1.54, 1.807) is 25.6 Å². The van der Waals surface area contributed by atoms with Gasteiger partial charge < -0.3 is 18.7 Å². The van der Waals surface area contributed by atoms with Gasteiger partial charge in [0.2, 0.25) is 0 Å². The van der Waals surface area contributed by atoms with Gasteiger partial charge >= 0.3 is 0 Å². The Labute approximate surface area is 245 Å². The molecule has 0 heterocycles. The molecule has 3 aromatic rings. The van der Waals surface area contributed by atoms with E-state index >= 15 is 0 Å². The quantitative estimate of drug-likeness (QED) is 0.0966. The summed E-state index contributed by atoms with van der Waals surface area (Å²) in [7, 11) is 2.39. The Balaban J connectivity index is 1.96. The average Bonchev–Trinajstić information content (AvgIpc) is 2.97. The van der Waals surface area contributed by atoms with Gasteiger partial charge in [-0.05, 0) is 68.7 Å². The van der Waals surface area contributed by atoms with Crippen molar-refractivity contribution in [3.63, 3.8) is 0 Å². The van der Waals surface area contributed by atoms with Gasteiger partial charge in [0.25, 0.3) is 0 Å². The summed E-state index contributed by atoms with van der Waals surface area (Å²) in [4.78, 5) is 0. The third kappa shape index (κ3) is 8.00. The van der Waals surface area contributed by atoms with Gasteiger partial charge in [0, 0.05) is 17.8 Å². The Bertz CT molecular complexity index is 1130. The fourth-order valence-electron chi connectivity index (χ4n) is 4.70. The van der Waals surface area contributed by atoms with E-state index < -0.39 is 13.1 Å². The van der Waals surface area contributed by atoms with Gasteiger partial charge in [0.1, 0.15) is 17.1 Å². The van der Waals surface area contributed by atoms with Crippen molar-refractivity contribution in [1.29, 1.82) is 5.26 Å². The van der Waals surface area contributed by atoms with Crippen LogP contribution in [0.25, 0.3) is 0 Å². The Morgan fingerprint density at radius 3 is 1.73 bits per heavy atom. The topological polar surface area (TPSA) is 64.0 Å². The van der Waals surface area contributed by atoms with Crippen LogP contribution in [0.3, 0.4) is 0 Å². The molecule has 1 atom stereocenters. The summed E-state index contributed by atoms with van der Waals surface area (Å²) < 4.78 is 26.5. The molecule has 0 bridgehead atoms. The maximum absolute atomic E-state index is 9.05. The van der Waals surface area contributed by atoms with Crippen molar-refractivity contribution in [2.75, 3.05) is 33.2 Å². The van der Waals surface area contributed by atoms with Crippen LogP contribution in [-0.4, -0.2) is 49.9 Å². The number of hydrogen-bond donors (Lipinski definition) is 0. The second kappa shape index (κ2) is 16.0. The Morgan fingerprint density at radius 1 is 0.775 bits per heavy atom. The predicted molar refractivity (Wildman–Crippen MR) is 166 cm³/mol. The fourth-order valence-corrected chi connectivity index (χ4v) is 9.03. The molecule has 3 rings (SSSR count). The summed E-state index contributed by atoms with van der Waals surface area (Å²) in [6.45, 7) is 9.67. The summed E-state index contributed by atoms with van der Waals surface area (Å²) in [5.41, 5.74) is 2.20. The van der Waals surface area contributed by atoms with E-state index in [-0.39, 0.29) is 0 Å². The van der Waals surface area contributed by atoms with Crippen molar-refractivity contribution in [2.45, 2.75) is 51.8 Å². The van der Waals surface area contributed by atoms with Gasteiger partial charge in [-0.2, -0.15) is 5.26 Å². The second-order valence-corrected chi connectivity index (χ2v) is 13.3. The van der Waals surface area contributed by atoms with Gasteiger partial charge in [-0.3, -0.25) is 0 Å². The molecule has 0 spiro atoms. The number of methoxy groups -OCH3 is 2. The number of benzene rings is 3. The van der Waals surface area contributed by atoms with Crippen LogP contribution in [0.2, 0.25) is 0 Å². The first kappa shape index (κ1) is 31.9. The van der Waals surface area contributed by atoms with Crippen LogP contribution in [0.4, 0.5) is 0 Å². The van der Waals surface area contributed by atoms with Crippen LogP contribution < -0.4 is 9.47 Å². The zero-order valence-corrected chi connectivity index (χ0v) is 26.1. The molecule has 0 aliphatic carbocycles. The maximum atomic E-state index is 9.05. The summed E-state index contributed by atoms with van der Waals surface area (Å²) in [6.07, 6.45) is 0.381. The number of rotatable bonds is 16. The molecule has 6 nitrogen and oxygen atoms in total. The van der Waals surface area contributed by atoms with Gasteiger partial charge in [-0.1, -0.05) is 66.0 Å². The van der Waals surface area contributed by atoms with Crippen LogP contribution in [-0.2, 0) is 14.9 Å². The third-order valence-corrected chi connectivity index (χ3v) is 10.8. The highest BCUT2D eigenvalue weighted by Crippen LogP contribution is 2.56. The molecule has 0 N–H and O–H groups in total. The molecular weight excluding hydrogens is 539 g/mol. The van der Waals surface area contributed by atoms with E-state index in [2.05, 4.69) is 74.8 Å². The molecule has 8 heteroatoms. The zero-order chi connectivity index (χ0) is 29.0. The summed E-state index contributed by atoms with van der Waals surface area (Å²) in [6, 6.07) is 29.3. The molecule has 0 amide bonds. The Hall–Kier alpha value is -2.59. The summed E-state index contributed by atoms with van der Waals surface area (Å²) >= 11 is 1.77. The lowest BCUT2D eigenvalue weighted by atomic mass is 9.80. The zero-order valence-electron chi connectivity index (χ0n) is 24.4. The second-order valence-electron chi connectivity index (χ2n) is 9.73. The fraction of sp³-hybridized carbons (Fsp3) is 0.406. The van der Waals surface area contributed by atoms with E-state index in [1.165, 1.54) is 0 Å². The van der Waals surface area contributed by atoms with Crippen LogP contribution >= 0.6 is 18.9 Å². The van der Waals surface area contributed by atoms with Crippen molar-refractivity contribution in [1.82, 2.24) is 4.67 Å². The van der Waals surface area contributed by atoms with Crippen LogP contribution in [0.5, 0.6) is 11.5 Å². The first-order valence-corrected chi connectivity index (χ1v) is 16.4. The third-order valence-electron chi connectivity index (χ3n) is 6.44. The first-order chi connectivity index (χ1) is 19.4. The normalized spacial score (nSPS) is 12.5. The molecule has 0 saturated carbocycles. The minimum Gasteiger partial charge on any atom is -0.497 e. The van der Waals surface area contributed by atoms with E-state index in [0.717, 1.165) is 33.9 Å². The van der Waals surface area contributed by atoms with E-state index in [4.69, 9.17) is 24.0 Å². The van der Waals surface area contributed by atoms with Crippen molar-refractivity contribution in [2.24, 2.45) is 0 Å². The molecular formula is C32H41N2O4PS. The predicted octanol–water partition coefficient (Wildman–Crippen LogP) is 8.02. The molecule has 0 aliphatic rings. The lowest BCUT2D eigenvalue weighted by Crippen LogP contribution is -2.34. The molecule has 0 aromatic heterocycles. The van der Waals surface area contributed by atoms with Crippen molar-refractivity contribution < 1.29 is 18.7 Å². The van der Waals surface area contributed by atoms with Gasteiger partial charge in [0.15, 0.2) is 7.50 Å². The first-order valence-electron chi connectivity index (χ1n) is 13.6. The minimum atomic E-state index is -0.952. The summed E-state index contributed by atoms with van der Waals surface area (Å²) in [5.74, 6) is 2.31. The number of ether oxygens (including phenoxy) is 3. The van der Waals surface area contributed by atoms with Crippen molar-refractivity contribution in [3.05, 3.63) is 95.6 Å². The standard InChI is InChI=1S/C32H41N2O4PS/c1-25(2)34(26(3)4)39(38-22-10-21-33)40-24-23-37-32(27-11-8-7-9-12-27,28-13-17-30(35-5)18-14-28)29-15-19-31(36-6)20-16-29/h7-9,11-20,25-26H,10,22-24H2,1-6H3. The van der Waals surface area contributed by atoms with Crippen LogP contribution in [0, 0.1) is 11.3 Å². The Morgan fingerprint density at radius 2 is 1.27 bits per heavy atom. The average molecular weight is 581 g/mol. The largest absolute Gasteiger partial charge is 0.497 e. The van der Waals surface area contributed by atoms with Crippen molar-refractivity contribution in [3.8, 4) is 17.6 Å².